The standard InChI is InChI=1S/C19H28N3O2PS/c1-6-24-25(23,26-15-16(2)3)22(14-10-9-13-20)18(5)21-19-12-8-7-11-17(19)4/h7-12,16H,6,14-15H2,1-5H3. The maximum Gasteiger partial charge on any atom is 0.354 e. The summed E-state index contributed by atoms with van der Waals surface area (Å²) in [6.45, 7) is 7.29. The van der Waals surface area contributed by atoms with Gasteiger partial charge in [-0.2, -0.15) is 5.26 Å². The lowest BCUT2D eigenvalue weighted by atomic mass is 10.2. The molecule has 0 aliphatic heterocycles. The Kier molecular flexibility index (Phi) is 9.72. The topological polar surface area (TPSA) is 65.7 Å². The minimum atomic E-state index is -3.17. The van der Waals surface area contributed by atoms with E-state index in [0.29, 0.717) is 30.7 Å². The van der Waals surface area contributed by atoms with Crippen molar-refractivity contribution in [3.05, 3.63) is 42.0 Å². The van der Waals surface area contributed by atoms with E-state index in [9.17, 15) is 4.57 Å². The van der Waals surface area contributed by atoms with Crippen molar-refractivity contribution in [2.45, 2.75) is 34.6 Å². The Hall–Kier alpha value is -1.54. The quantitative estimate of drug-likeness (QED) is 0.224. The van der Waals surface area contributed by atoms with E-state index in [1.165, 1.54) is 17.5 Å². The second-order valence-corrected chi connectivity index (χ2v) is 10.6. The number of allylic oxidation sites excluding steroid dienone is 1. The Balaban J connectivity index is 3.27. The number of amidine groups is 1. The minimum Gasteiger partial charge on any atom is -0.306 e. The summed E-state index contributed by atoms with van der Waals surface area (Å²) < 4.78 is 21.0. The zero-order chi connectivity index (χ0) is 19.6. The number of nitriles is 1. The summed E-state index contributed by atoms with van der Waals surface area (Å²) in [6, 6.07) is 9.77. The first-order valence-corrected chi connectivity index (χ1v) is 11.8. The number of hydrogen-bond donors (Lipinski definition) is 0. The second kappa shape index (κ2) is 11.2. The van der Waals surface area contributed by atoms with Crippen LogP contribution in [-0.2, 0) is 9.09 Å². The van der Waals surface area contributed by atoms with Crippen molar-refractivity contribution in [2.24, 2.45) is 10.9 Å². The maximum absolute atomic E-state index is 13.6. The number of para-hydroxylation sites is 1. The van der Waals surface area contributed by atoms with Crippen LogP contribution in [0.5, 0.6) is 0 Å². The number of aryl methyl sites for hydroxylation is 1. The Bertz CT molecular complexity index is 726. The molecule has 142 valence electrons. The first-order chi connectivity index (χ1) is 12.3. The number of nitrogens with zero attached hydrogens (tertiary/aromatic N) is 3. The molecule has 0 saturated heterocycles. The van der Waals surface area contributed by atoms with E-state index < -0.39 is 6.72 Å². The third-order valence-electron chi connectivity index (χ3n) is 3.40. The van der Waals surface area contributed by atoms with Gasteiger partial charge in [0.1, 0.15) is 5.84 Å². The minimum absolute atomic E-state index is 0.303. The molecule has 1 rings (SSSR count). The fraction of sp³-hybridized carbons (Fsp3) is 0.474. The van der Waals surface area contributed by atoms with Crippen LogP contribution in [0.2, 0.25) is 0 Å². The average Bonchev–Trinajstić information content (AvgIpc) is 2.59. The normalized spacial score (nSPS) is 14.4. The molecule has 0 aromatic heterocycles. The van der Waals surface area contributed by atoms with E-state index in [1.807, 2.05) is 51.1 Å². The fourth-order valence-electron chi connectivity index (χ4n) is 2.12. The number of hydrogen-bond acceptors (Lipinski definition) is 5. The molecule has 0 N–H and O–H groups in total. The van der Waals surface area contributed by atoms with Gasteiger partial charge < -0.3 is 4.52 Å². The van der Waals surface area contributed by atoms with Crippen LogP contribution in [0.1, 0.15) is 33.3 Å². The zero-order valence-corrected chi connectivity index (χ0v) is 17.9. The molecular formula is C19H28N3O2PS. The van der Waals surface area contributed by atoms with Crippen molar-refractivity contribution in [3.8, 4) is 6.07 Å². The van der Waals surface area contributed by atoms with Crippen molar-refractivity contribution in [3.63, 3.8) is 0 Å². The van der Waals surface area contributed by atoms with E-state index in [1.54, 1.807) is 10.7 Å². The van der Waals surface area contributed by atoms with Crippen LogP contribution in [0, 0.1) is 24.2 Å². The van der Waals surface area contributed by atoms with Crippen LogP contribution in [-0.4, -0.2) is 29.4 Å². The first kappa shape index (κ1) is 22.5. The summed E-state index contributed by atoms with van der Waals surface area (Å²) in [5, 5.41) is 8.78. The predicted molar refractivity (Wildman–Crippen MR) is 112 cm³/mol. The number of aliphatic imine (C=N–C) groups is 1. The third-order valence-corrected chi connectivity index (χ3v) is 8.51. The van der Waals surface area contributed by atoms with Gasteiger partial charge in [0.05, 0.1) is 18.4 Å². The molecule has 0 aliphatic rings. The van der Waals surface area contributed by atoms with Crippen LogP contribution in [0.4, 0.5) is 5.69 Å². The molecule has 0 bridgehead atoms. The SMILES string of the molecule is CCOP(=O)(SCC(C)C)N(CC=CC#N)C(C)=Nc1ccccc1C. The maximum atomic E-state index is 13.6. The van der Waals surface area contributed by atoms with E-state index in [-0.39, 0.29) is 0 Å². The summed E-state index contributed by atoms with van der Waals surface area (Å²) in [7, 11) is 0. The van der Waals surface area contributed by atoms with Crippen molar-refractivity contribution >= 4 is 29.6 Å². The monoisotopic (exact) mass is 393 g/mol. The van der Waals surface area contributed by atoms with E-state index in [2.05, 4.69) is 18.8 Å². The summed E-state index contributed by atoms with van der Waals surface area (Å²) in [6.07, 6.45) is 3.07. The Morgan fingerprint density at radius 3 is 2.73 bits per heavy atom. The van der Waals surface area contributed by atoms with Gasteiger partial charge in [0.2, 0.25) is 0 Å². The molecular weight excluding hydrogens is 365 g/mol. The Morgan fingerprint density at radius 2 is 2.15 bits per heavy atom. The molecule has 0 saturated carbocycles. The summed E-state index contributed by atoms with van der Waals surface area (Å²) in [5.41, 5.74) is 1.87. The van der Waals surface area contributed by atoms with Crippen LogP contribution in [0.15, 0.2) is 41.4 Å². The molecule has 26 heavy (non-hydrogen) atoms. The number of benzene rings is 1. The molecule has 5 nitrogen and oxygen atoms in total. The van der Waals surface area contributed by atoms with Gasteiger partial charge in [0, 0.05) is 18.4 Å². The lowest BCUT2D eigenvalue weighted by molar-refractivity contribution is 0.319. The summed E-state index contributed by atoms with van der Waals surface area (Å²) >= 11 is 1.33. The molecule has 0 amide bonds. The largest absolute Gasteiger partial charge is 0.354 e. The van der Waals surface area contributed by atoms with Gasteiger partial charge in [0.25, 0.3) is 0 Å². The van der Waals surface area contributed by atoms with Crippen molar-refractivity contribution < 1.29 is 9.09 Å². The Morgan fingerprint density at radius 1 is 1.46 bits per heavy atom. The van der Waals surface area contributed by atoms with Gasteiger partial charge in [0.15, 0.2) is 0 Å². The van der Waals surface area contributed by atoms with Crippen LogP contribution in [0.25, 0.3) is 0 Å². The molecule has 0 heterocycles. The molecule has 7 heteroatoms. The van der Waals surface area contributed by atoms with Gasteiger partial charge >= 0.3 is 6.72 Å². The Labute approximate surface area is 161 Å². The van der Waals surface area contributed by atoms with Crippen LogP contribution >= 0.6 is 18.1 Å². The lowest BCUT2D eigenvalue weighted by Crippen LogP contribution is -2.26. The molecule has 1 aromatic carbocycles. The van der Waals surface area contributed by atoms with Crippen molar-refractivity contribution in [2.75, 3.05) is 18.9 Å². The summed E-state index contributed by atoms with van der Waals surface area (Å²) in [5.74, 6) is 1.71. The highest BCUT2D eigenvalue weighted by Crippen LogP contribution is 2.63. The molecule has 0 fully saturated rings. The molecule has 1 atom stereocenters. The first-order valence-electron chi connectivity index (χ1n) is 8.66. The average molecular weight is 393 g/mol. The van der Waals surface area contributed by atoms with Crippen molar-refractivity contribution in [1.82, 2.24) is 4.67 Å². The molecule has 0 aliphatic carbocycles. The van der Waals surface area contributed by atoms with Crippen LogP contribution < -0.4 is 0 Å². The van der Waals surface area contributed by atoms with Crippen molar-refractivity contribution in [1.29, 1.82) is 5.26 Å². The highest BCUT2D eigenvalue weighted by molar-refractivity contribution is 8.56. The molecule has 0 spiro atoms. The van der Waals surface area contributed by atoms with Gasteiger partial charge in [-0.1, -0.05) is 38.1 Å². The number of rotatable bonds is 9. The lowest BCUT2D eigenvalue weighted by Gasteiger charge is -2.31. The smallest absolute Gasteiger partial charge is 0.306 e. The van der Waals surface area contributed by atoms with E-state index >= 15 is 0 Å². The van der Waals surface area contributed by atoms with E-state index in [0.717, 1.165) is 11.3 Å². The fourth-order valence-corrected chi connectivity index (χ4v) is 6.95. The summed E-state index contributed by atoms with van der Waals surface area (Å²) in [4.78, 5) is 4.67. The molecule has 0 radical (unpaired) electrons. The second-order valence-electron chi connectivity index (χ2n) is 6.14. The molecule has 1 aromatic rings. The highest BCUT2D eigenvalue weighted by atomic mass is 32.7. The third kappa shape index (κ3) is 6.99. The predicted octanol–water partition coefficient (Wildman–Crippen LogP) is 5.96. The van der Waals surface area contributed by atoms with E-state index in [4.69, 9.17) is 9.79 Å². The van der Waals surface area contributed by atoms with Gasteiger partial charge in [-0.15, -0.1) is 0 Å². The van der Waals surface area contributed by atoms with Crippen LogP contribution in [0.3, 0.4) is 0 Å². The highest BCUT2D eigenvalue weighted by Gasteiger charge is 2.33. The van der Waals surface area contributed by atoms with Gasteiger partial charge in [-0.3, -0.25) is 9.24 Å². The van der Waals surface area contributed by atoms with Gasteiger partial charge in [-0.05, 0) is 49.7 Å². The zero-order valence-electron chi connectivity index (χ0n) is 16.2. The van der Waals surface area contributed by atoms with Gasteiger partial charge in [-0.25, -0.2) is 4.99 Å². The molecule has 1 unspecified atom stereocenters.